The summed E-state index contributed by atoms with van der Waals surface area (Å²) in [5.41, 5.74) is -0.0159. The molecule has 0 spiro atoms. The SMILES string of the molecule is CSCC(C)NCc1c(F)cc(C#N)cc1F. The molecular formula is C12H14F2N2S. The fraction of sp³-hybridized carbons (Fsp3) is 0.417. The zero-order valence-corrected chi connectivity index (χ0v) is 10.6. The van der Waals surface area contributed by atoms with Gasteiger partial charge in [0.1, 0.15) is 11.6 Å². The van der Waals surface area contributed by atoms with Gasteiger partial charge in [0.15, 0.2) is 0 Å². The number of halogens is 2. The maximum Gasteiger partial charge on any atom is 0.131 e. The number of hydrogen-bond acceptors (Lipinski definition) is 3. The molecule has 92 valence electrons. The lowest BCUT2D eigenvalue weighted by Crippen LogP contribution is -2.28. The Labute approximate surface area is 104 Å². The number of nitrogens with zero attached hydrogens (tertiary/aromatic N) is 1. The molecule has 0 aromatic heterocycles. The van der Waals surface area contributed by atoms with Gasteiger partial charge in [-0.2, -0.15) is 17.0 Å². The highest BCUT2D eigenvalue weighted by Gasteiger charge is 2.12. The number of benzene rings is 1. The normalized spacial score (nSPS) is 12.2. The van der Waals surface area contributed by atoms with Crippen LogP contribution in [-0.2, 0) is 6.54 Å². The Morgan fingerprint density at radius 1 is 1.41 bits per heavy atom. The van der Waals surface area contributed by atoms with Crippen molar-refractivity contribution in [3.63, 3.8) is 0 Å². The van der Waals surface area contributed by atoms with E-state index in [1.165, 1.54) is 0 Å². The van der Waals surface area contributed by atoms with E-state index in [1.54, 1.807) is 17.8 Å². The zero-order valence-electron chi connectivity index (χ0n) is 9.76. The minimum atomic E-state index is -0.676. The zero-order chi connectivity index (χ0) is 12.8. The number of nitrogens with one attached hydrogen (secondary N) is 1. The van der Waals surface area contributed by atoms with Gasteiger partial charge in [-0.15, -0.1) is 0 Å². The van der Waals surface area contributed by atoms with E-state index in [2.05, 4.69) is 5.32 Å². The standard InChI is InChI=1S/C12H14F2N2S/c1-8(7-17-2)16-6-10-11(13)3-9(5-15)4-12(10)14/h3-4,8,16H,6-7H2,1-2H3. The molecule has 0 radical (unpaired) electrons. The quantitative estimate of drug-likeness (QED) is 0.879. The van der Waals surface area contributed by atoms with Crippen molar-refractivity contribution in [2.75, 3.05) is 12.0 Å². The third-order valence-corrected chi connectivity index (χ3v) is 3.15. The molecule has 1 atom stereocenters. The number of rotatable bonds is 5. The molecule has 1 aromatic rings. The molecule has 1 aromatic carbocycles. The van der Waals surface area contributed by atoms with Crippen LogP contribution >= 0.6 is 11.8 Å². The fourth-order valence-corrected chi connectivity index (χ4v) is 2.04. The molecule has 0 aliphatic carbocycles. The maximum atomic E-state index is 13.5. The Morgan fingerprint density at radius 2 is 2.00 bits per heavy atom. The second-order valence-electron chi connectivity index (χ2n) is 3.77. The van der Waals surface area contributed by atoms with E-state index in [0.29, 0.717) is 0 Å². The Morgan fingerprint density at radius 3 is 2.47 bits per heavy atom. The van der Waals surface area contributed by atoms with Gasteiger partial charge in [-0.1, -0.05) is 0 Å². The third kappa shape index (κ3) is 3.99. The van der Waals surface area contributed by atoms with Gasteiger partial charge in [0.25, 0.3) is 0 Å². The highest BCUT2D eigenvalue weighted by Crippen LogP contribution is 2.15. The summed E-state index contributed by atoms with van der Waals surface area (Å²) in [5.74, 6) is -0.477. The van der Waals surface area contributed by atoms with Crippen LogP contribution in [0.3, 0.4) is 0 Å². The third-order valence-electron chi connectivity index (χ3n) is 2.31. The smallest absolute Gasteiger partial charge is 0.131 e. The predicted molar refractivity (Wildman–Crippen MR) is 65.8 cm³/mol. The van der Waals surface area contributed by atoms with Gasteiger partial charge in [-0.3, -0.25) is 0 Å². The molecule has 0 saturated carbocycles. The number of hydrogen-bond donors (Lipinski definition) is 1. The molecule has 1 rings (SSSR count). The first-order valence-corrected chi connectivity index (χ1v) is 6.58. The van der Waals surface area contributed by atoms with Crippen LogP contribution in [0.5, 0.6) is 0 Å². The summed E-state index contributed by atoms with van der Waals surface area (Å²) in [5, 5.41) is 11.6. The average molecular weight is 256 g/mol. The van der Waals surface area contributed by atoms with E-state index >= 15 is 0 Å². The van der Waals surface area contributed by atoms with Gasteiger partial charge < -0.3 is 5.32 Å². The van der Waals surface area contributed by atoms with E-state index in [1.807, 2.05) is 13.2 Å². The van der Waals surface area contributed by atoms with Gasteiger partial charge >= 0.3 is 0 Å². The van der Waals surface area contributed by atoms with Gasteiger partial charge in [-0.25, -0.2) is 8.78 Å². The lowest BCUT2D eigenvalue weighted by atomic mass is 10.1. The molecule has 1 N–H and O–H groups in total. The van der Waals surface area contributed by atoms with Crippen LogP contribution in [-0.4, -0.2) is 18.1 Å². The highest BCUT2D eigenvalue weighted by molar-refractivity contribution is 7.98. The maximum absolute atomic E-state index is 13.5. The summed E-state index contributed by atoms with van der Waals surface area (Å²) < 4.78 is 27.0. The molecule has 0 aliphatic rings. The summed E-state index contributed by atoms with van der Waals surface area (Å²) in [7, 11) is 0. The lowest BCUT2D eigenvalue weighted by molar-refractivity contribution is 0.516. The molecular weight excluding hydrogens is 242 g/mol. The largest absolute Gasteiger partial charge is 0.309 e. The van der Waals surface area contributed by atoms with Crippen molar-refractivity contribution in [3.05, 3.63) is 34.9 Å². The molecule has 17 heavy (non-hydrogen) atoms. The van der Waals surface area contributed by atoms with E-state index in [4.69, 9.17) is 5.26 Å². The first-order chi connectivity index (χ1) is 8.08. The van der Waals surface area contributed by atoms with Crippen molar-refractivity contribution in [2.24, 2.45) is 0 Å². The number of nitriles is 1. The Bertz CT molecular complexity index is 406. The molecule has 0 heterocycles. The van der Waals surface area contributed by atoms with Gasteiger partial charge in [-0.05, 0) is 25.3 Å². The van der Waals surface area contributed by atoms with E-state index in [9.17, 15) is 8.78 Å². The van der Waals surface area contributed by atoms with Gasteiger partial charge in [0, 0.05) is 23.9 Å². The molecule has 1 unspecified atom stereocenters. The van der Waals surface area contributed by atoms with Crippen molar-refractivity contribution < 1.29 is 8.78 Å². The van der Waals surface area contributed by atoms with Crippen LogP contribution in [0.1, 0.15) is 18.1 Å². The van der Waals surface area contributed by atoms with Crippen LogP contribution < -0.4 is 5.32 Å². The van der Waals surface area contributed by atoms with Gasteiger partial charge in [0.05, 0.1) is 11.6 Å². The topological polar surface area (TPSA) is 35.8 Å². The Balaban J connectivity index is 2.75. The van der Waals surface area contributed by atoms with Crippen molar-refractivity contribution in [1.82, 2.24) is 5.32 Å². The molecule has 0 aliphatic heterocycles. The van der Waals surface area contributed by atoms with Crippen LogP contribution in [0.2, 0.25) is 0 Å². The first kappa shape index (κ1) is 13.9. The second kappa shape index (κ2) is 6.58. The number of thioether (sulfide) groups is 1. The van der Waals surface area contributed by atoms with Crippen molar-refractivity contribution in [1.29, 1.82) is 5.26 Å². The van der Waals surface area contributed by atoms with Crippen molar-refractivity contribution in [3.8, 4) is 6.07 Å². The Kier molecular flexibility index (Phi) is 5.39. The molecule has 5 heteroatoms. The minimum Gasteiger partial charge on any atom is -0.309 e. The summed E-state index contributed by atoms with van der Waals surface area (Å²) in [6.45, 7) is 2.08. The Hall–Kier alpha value is -1.12. The first-order valence-electron chi connectivity index (χ1n) is 5.18. The van der Waals surface area contributed by atoms with Crippen molar-refractivity contribution in [2.45, 2.75) is 19.5 Å². The van der Waals surface area contributed by atoms with Crippen LogP contribution in [0, 0.1) is 23.0 Å². The highest BCUT2D eigenvalue weighted by atomic mass is 32.2. The van der Waals surface area contributed by atoms with Crippen molar-refractivity contribution >= 4 is 11.8 Å². The van der Waals surface area contributed by atoms with E-state index < -0.39 is 11.6 Å². The molecule has 2 nitrogen and oxygen atoms in total. The monoisotopic (exact) mass is 256 g/mol. The molecule has 0 fully saturated rings. The predicted octanol–water partition coefficient (Wildman–Crippen LogP) is 2.68. The van der Waals surface area contributed by atoms with Gasteiger partial charge in [0.2, 0.25) is 0 Å². The van der Waals surface area contributed by atoms with Crippen LogP contribution in [0.25, 0.3) is 0 Å². The lowest BCUT2D eigenvalue weighted by Gasteiger charge is -2.13. The summed E-state index contributed by atoms with van der Waals surface area (Å²) >= 11 is 1.67. The fourth-order valence-electron chi connectivity index (χ4n) is 1.42. The van der Waals surface area contributed by atoms with Crippen LogP contribution in [0.15, 0.2) is 12.1 Å². The molecule has 0 bridgehead atoms. The summed E-state index contributed by atoms with van der Waals surface area (Å²) in [6.07, 6.45) is 1.97. The average Bonchev–Trinajstić information content (AvgIpc) is 2.28. The minimum absolute atomic E-state index is 0.000845. The summed E-state index contributed by atoms with van der Waals surface area (Å²) in [4.78, 5) is 0. The second-order valence-corrected chi connectivity index (χ2v) is 4.68. The van der Waals surface area contributed by atoms with Crippen LogP contribution in [0.4, 0.5) is 8.78 Å². The van der Waals surface area contributed by atoms with E-state index in [0.717, 1.165) is 17.9 Å². The summed E-state index contributed by atoms with van der Waals surface area (Å²) in [6, 6.07) is 4.01. The van der Waals surface area contributed by atoms with E-state index in [-0.39, 0.29) is 23.7 Å². The molecule has 0 amide bonds. The molecule has 0 saturated heterocycles.